The minimum absolute atomic E-state index is 0.232. The Balaban J connectivity index is 2.09. The fourth-order valence-electron chi connectivity index (χ4n) is 2.10. The van der Waals surface area contributed by atoms with E-state index in [0.717, 1.165) is 27.8 Å². The monoisotopic (exact) mass is 336 g/mol. The van der Waals surface area contributed by atoms with Crippen LogP contribution in [0.1, 0.15) is 17.5 Å². The summed E-state index contributed by atoms with van der Waals surface area (Å²) in [5, 5.41) is 9.42. The van der Waals surface area contributed by atoms with Gasteiger partial charge in [-0.2, -0.15) is 0 Å². The predicted molar refractivity (Wildman–Crippen MR) is 85.4 cm³/mol. The number of nitrogens with one attached hydrogen (secondary N) is 1. The summed E-state index contributed by atoms with van der Waals surface area (Å²) in [4.78, 5) is 47.5. The zero-order valence-corrected chi connectivity index (χ0v) is 13.5. The van der Waals surface area contributed by atoms with E-state index in [1.54, 1.807) is 12.1 Å². The van der Waals surface area contributed by atoms with Crippen LogP contribution in [0.5, 0.6) is 0 Å². The molecular formula is C15H16N2O5S. The highest BCUT2D eigenvalue weighted by atomic mass is 32.2. The molecule has 1 unspecified atom stereocenters. The number of amides is 3. The van der Waals surface area contributed by atoms with E-state index in [2.05, 4.69) is 5.32 Å². The van der Waals surface area contributed by atoms with Crippen molar-refractivity contribution in [3.63, 3.8) is 0 Å². The van der Waals surface area contributed by atoms with Crippen LogP contribution in [-0.4, -0.2) is 39.9 Å². The maximum atomic E-state index is 12.4. The van der Waals surface area contributed by atoms with Crippen molar-refractivity contribution in [3.05, 3.63) is 29.3 Å². The third-order valence-corrected chi connectivity index (χ3v) is 4.51. The van der Waals surface area contributed by atoms with E-state index in [4.69, 9.17) is 5.11 Å². The fourth-order valence-corrected chi connectivity index (χ4v) is 3.08. The van der Waals surface area contributed by atoms with Crippen molar-refractivity contribution in [2.24, 2.45) is 0 Å². The van der Waals surface area contributed by atoms with Gasteiger partial charge in [-0.3, -0.25) is 19.2 Å². The number of carboxylic acids is 1. The van der Waals surface area contributed by atoms with Gasteiger partial charge in [-0.05, 0) is 48.9 Å². The Labute approximate surface area is 137 Å². The van der Waals surface area contributed by atoms with Gasteiger partial charge in [0.05, 0.1) is 5.69 Å². The zero-order valence-electron chi connectivity index (χ0n) is 12.7. The summed E-state index contributed by atoms with van der Waals surface area (Å²) in [6.07, 6.45) is -0.232. The summed E-state index contributed by atoms with van der Waals surface area (Å²) in [5.74, 6) is -2.21. The molecule has 1 aliphatic heterocycles. The van der Waals surface area contributed by atoms with Crippen molar-refractivity contribution in [1.29, 1.82) is 0 Å². The number of rotatable bonds is 5. The average molecular weight is 336 g/mol. The highest BCUT2D eigenvalue weighted by molar-refractivity contribution is 8.15. The molecule has 3 amide bonds. The number of hydrogen-bond acceptors (Lipinski definition) is 5. The van der Waals surface area contributed by atoms with Gasteiger partial charge in [0, 0.05) is 6.42 Å². The van der Waals surface area contributed by atoms with Crippen molar-refractivity contribution in [2.75, 3.05) is 11.4 Å². The molecule has 0 aliphatic carbocycles. The first-order chi connectivity index (χ1) is 10.8. The van der Waals surface area contributed by atoms with E-state index in [1.165, 1.54) is 0 Å². The maximum Gasteiger partial charge on any atom is 0.322 e. The summed E-state index contributed by atoms with van der Waals surface area (Å²) >= 11 is 0.778. The van der Waals surface area contributed by atoms with Crippen LogP contribution in [0, 0.1) is 13.8 Å². The molecule has 2 N–H and O–H groups in total. The second kappa shape index (κ2) is 6.82. The number of carbonyl (C=O) groups is 4. The lowest BCUT2D eigenvalue weighted by atomic mass is 10.1. The highest BCUT2D eigenvalue weighted by Gasteiger charge is 2.41. The van der Waals surface area contributed by atoms with Crippen molar-refractivity contribution >= 4 is 40.5 Å². The lowest BCUT2D eigenvalue weighted by molar-refractivity contribution is -0.137. The highest BCUT2D eigenvalue weighted by Crippen LogP contribution is 2.34. The number of anilines is 1. The molecule has 2 rings (SSSR count). The Morgan fingerprint density at radius 2 is 1.96 bits per heavy atom. The Hall–Kier alpha value is -2.35. The number of nitrogens with zero attached hydrogens (tertiary/aromatic N) is 1. The van der Waals surface area contributed by atoms with Crippen LogP contribution >= 0.6 is 11.8 Å². The van der Waals surface area contributed by atoms with Gasteiger partial charge >= 0.3 is 5.97 Å². The molecular weight excluding hydrogens is 320 g/mol. The largest absolute Gasteiger partial charge is 0.480 e. The smallest absolute Gasteiger partial charge is 0.322 e. The fraction of sp³-hybridized carbons (Fsp3) is 0.333. The summed E-state index contributed by atoms with van der Waals surface area (Å²) < 4.78 is 0. The summed E-state index contributed by atoms with van der Waals surface area (Å²) in [7, 11) is 0. The number of carbonyl (C=O) groups excluding carboxylic acids is 3. The first kappa shape index (κ1) is 17.0. The molecule has 1 aromatic carbocycles. The van der Waals surface area contributed by atoms with Crippen molar-refractivity contribution in [2.45, 2.75) is 25.5 Å². The molecule has 1 fully saturated rings. The average Bonchev–Trinajstić information content (AvgIpc) is 2.74. The van der Waals surface area contributed by atoms with E-state index in [-0.39, 0.29) is 6.42 Å². The first-order valence-corrected chi connectivity index (χ1v) is 7.78. The molecule has 23 heavy (non-hydrogen) atoms. The Kier molecular flexibility index (Phi) is 5.05. The SMILES string of the molecule is Cc1ccc(N2C(=O)SC(CC(=O)NCC(=O)O)C2=O)cc1C. The molecule has 1 saturated heterocycles. The van der Waals surface area contributed by atoms with Gasteiger partial charge in [-0.1, -0.05) is 6.07 Å². The van der Waals surface area contributed by atoms with Crippen molar-refractivity contribution < 1.29 is 24.3 Å². The van der Waals surface area contributed by atoms with Crippen LogP contribution < -0.4 is 10.2 Å². The second-order valence-electron chi connectivity index (χ2n) is 5.19. The standard InChI is InChI=1S/C15H16N2O5S/c1-8-3-4-10(5-9(8)2)17-14(21)11(23-15(17)22)6-12(18)16-7-13(19)20/h3-5,11H,6-7H2,1-2H3,(H,16,18)(H,19,20). The van der Waals surface area contributed by atoms with Crippen LogP contribution in [0.15, 0.2) is 18.2 Å². The minimum atomic E-state index is -1.17. The van der Waals surface area contributed by atoms with Crippen molar-refractivity contribution in [3.8, 4) is 0 Å². The molecule has 0 saturated carbocycles. The molecule has 1 atom stereocenters. The van der Waals surface area contributed by atoms with E-state index in [0.29, 0.717) is 5.69 Å². The quantitative estimate of drug-likeness (QED) is 0.844. The predicted octanol–water partition coefficient (Wildman–Crippen LogP) is 1.46. The minimum Gasteiger partial charge on any atom is -0.480 e. The van der Waals surface area contributed by atoms with Crippen molar-refractivity contribution in [1.82, 2.24) is 5.32 Å². The molecule has 1 aromatic rings. The van der Waals surface area contributed by atoms with Crippen LogP contribution in [0.4, 0.5) is 10.5 Å². The number of imide groups is 1. The van der Waals surface area contributed by atoms with Gasteiger partial charge in [0.1, 0.15) is 11.8 Å². The Morgan fingerprint density at radius 1 is 1.26 bits per heavy atom. The molecule has 1 aliphatic rings. The van der Waals surface area contributed by atoms with Gasteiger partial charge < -0.3 is 10.4 Å². The number of thioether (sulfide) groups is 1. The zero-order chi connectivity index (χ0) is 17.1. The van der Waals surface area contributed by atoms with Gasteiger partial charge in [-0.25, -0.2) is 4.90 Å². The molecule has 8 heteroatoms. The number of benzene rings is 1. The lowest BCUT2D eigenvalue weighted by Crippen LogP contribution is -2.35. The lowest BCUT2D eigenvalue weighted by Gasteiger charge is -2.15. The molecule has 122 valence electrons. The van der Waals surface area contributed by atoms with Crippen LogP contribution in [-0.2, 0) is 14.4 Å². The molecule has 1 heterocycles. The van der Waals surface area contributed by atoms with Crippen LogP contribution in [0.3, 0.4) is 0 Å². The first-order valence-electron chi connectivity index (χ1n) is 6.90. The number of aliphatic carboxylic acids is 1. The molecule has 0 bridgehead atoms. The van der Waals surface area contributed by atoms with E-state index < -0.39 is 34.8 Å². The summed E-state index contributed by atoms with van der Waals surface area (Å²) in [6, 6.07) is 5.26. The van der Waals surface area contributed by atoms with Crippen LogP contribution in [0.25, 0.3) is 0 Å². The number of aryl methyl sites for hydroxylation is 2. The van der Waals surface area contributed by atoms with E-state index in [9.17, 15) is 19.2 Å². The normalized spacial score (nSPS) is 17.5. The maximum absolute atomic E-state index is 12.4. The third-order valence-electron chi connectivity index (χ3n) is 3.48. The number of carboxylic acid groups (broad SMARTS) is 1. The number of hydrogen-bond donors (Lipinski definition) is 2. The van der Waals surface area contributed by atoms with E-state index in [1.807, 2.05) is 19.9 Å². The molecule has 0 spiro atoms. The molecule has 0 aromatic heterocycles. The van der Waals surface area contributed by atoms with Crippen LogP contribution in [0.2, 0.25) is 0 Å². The summed E-state index contributed by atoms with van der Waals surface area (Å²) in [6.45, 7) is 3.30. The topological polar surface area (TPSA) is 104 Å². The molecule has 0 radical (unpaired) electrons. The second-order valence-corrected chi connectivity index (χ2v) is 6.34. The van der Waals surface area contributed by atoms with Gasteiger partial charge in [0.2, 0.25) is 11.8 Å². The summed E-state index contributed by atoms with van der Waals surface area (Å²) in [5.41, 5.74) is 2.48. The third kappa shape index (κ3) is 3.89. The Bertz CT molecular complexity index is 688. The van der Waals surface area contributed by atoms with Gasteiger partial charge in [-0.15, -0.1) is 0 Å². The van der Waals surface area contributed by atoms with Gasteiger partial charge in [0.25, 0.3) is 5.24 Å². The Morgan fingerprint density at radius 3 is 2.57 bits per heavy atom. The van der Waals surface area contributed by atoms with E-state index >= 15 is 0 Å². The van der Waals surface area contributed by atoms with Gasteiger partial charge in [0.15, 0.2) is 0 Å². The molecule has 7 nitrogen and oxygen atoms in total.